The quantitative estimate of drug-likeness (QED) is 0.736. The van der Waals surface area contributed by atoms with E-state index in [0.717, 1.165) is 5.06 Å². The fourth-order valence-corrected chi connectivity index (χ4v) is 1.54. The normalized spacial score (nSPS) is 15.4. The highest BCUT2D eigenvalue weighted by Crippen LogP contribution is 2.24. The van der Waals surface area contributed by atoms with E-state index < -0.39 is 0 Å². The van der Waals surface area contributed by atoms with Crippen molar-refractivity contribution >= 4 is 11.8 Å². The molecule has 2 amide bonds. The second-order valence-electron chi connectivity index (χ2n) is 5.28. The van der Waals surface area contributed by atoms with Crippen molar-refractivity contribution in [3.05, 3.63) is 35.4 Å². The molecule has 4 nitrogen and oxygen atoms in total. The van der Waals surface area contributed by atoms with Gasteiger partial charge in [-0.25, -0.2) is 0 Å². The average molecular weight is 233 g/mol. The van der Waals surface area contributed by atoms with Crippen LogP contribution in [-0.2, 0) is 4.84 Å². The highest BCUT2D eigenvalue weighted by Gasteiger charge is 2.37. The van der Waals surface area contributed by atoms with Gasteiger partial charge in [-0.3, -0.25) is 14.4 Å². The van der Waals surface area contributed by atoms with E-state index in [9.17, 15) is 9.59 Å². The Hall–Kier alpha value is -1.68. The molecule has 0 unspecified atom stereocenters. The van der Waals surface area contributed by atoms with E-state index in [0.29, 0.717) is 17.7 Å². The van der Waals surface area contributed by atoms with Gasteiger partial charge in [0.1, 0.15) is 0 Å². The highest BCUT2D eigenvalue weighted by molar-refractivity contribution is 6.20. The van der Waals surface area contributed by atoms with Crippen LogP contribution in [0.2, 0.25) is 0 Å². The molecule has 0 N–H and O–H groups in total. The maximum atomic E-state index is 11.9. The molecule has 0 fully saturated rings. The van der Waals surface area contributed by atoms with E-state index >= 15 is 0 Å². The lowest BCUT2D eigenvalue weighted by atomic mass is 9.99. The van der Waals surface area contributed by atoms with Gasteiger partial charge in [0.05, 0.1) is 17.7 Å². The Bertz CT molecular complexity index is 439. The molecule has 0 saturated heterocycles. The number of carbonyl (C=O) groups is 2. The van der Waals surface area contributed by atoms with E-state index in [1.54, 1.807) is 24.3 Å². The number of imide groups is 1. The number of hydrogen-bond donors (Lipinski definition) is 0. The molecule has 1 aromatic carbocycles. The molecular formula is C13H15NO3. The molecule has 1 aliphatic rings. The number of fused-ring (bicyclic) bond motifs is 1. The minimum Gasteiger partial charge on any atom is -0.266 e. The van der Waals surface area contributed by atoms with Crippen molar-refractivity contribution < 1.29 is 14.4 Å². The first kappa shape index (κ1) is 11.8. The molecule has 0 radical (unpaired) electrons. The summed E-state index contributed by atoms with van der Waals surface area (Å²) in [6, 6.07) is 6.74. The lowest BCUT2D eigenvalue weighted by Crippen LogP contribution is -2.33. The zero-order chi connectivity index (χ0) is 12.6. The van der Waals surface area contributed by atoms with Crippen LogP contribution in [0.1, 0.15) is 41.5 Å². The van der Waals surface area contributed by atoms with Crippen molar-refractivity contribution in [3.63, 3.8) is 0 Å². The monoisotopic (exact) mass is 233 g/mol. The maximum absolute atomic E-state index is 11.9. The van der Waals surface area contributed by atoms with Crippen LogP contribution < -0.4 is 0 Å². The van der Waals surface area contributed by atoms with E-state index in [4.69, 9.17) is 4.84 Å². The fraction of sp³-hybridized carbons (Fsp3) is 0.385. The predicted octanol–water partition coefficient (Wildman–Crippen LogP) is 2.26. The van der Waals surface area contributed by atoms with E-state index in [2.05, 4.69) is 0 Å². The number of nitrogens with zero attached hydrogens (tertiary/aromatic N) is 1. The van der Waals surface area contributed by atoms with E-state index in [1.807, 2.05) is 20.8 Å². The van der Waals surface area contributed by atoms with E-state index in [-0.39, 0.29) is 17.2 Å². The third-order valence-corrected chi connectivity index (χ3v) is 2.38. The van der Waals surface area contributed by atoms with Crippen LogP contribution in [0.15, 0.2) is 24.3 Å². The third-order valence-electron chi connectivity index (χ3n) is 2.38. The van der Waals surface area contributed by atoms with Crippen LogP contribution >= 0.6 is 0 Å². The SMILES string of the molecule is CC(C)(C)CON1C(=O)c2ccccc2C1=O. The van der Waals surface area contributed by atoms with Crippen molar-refractivity contribution in [2.24, 2.45) is 5.41 Å². The van der Waals surface area contributed by atoms with Crippen LogP contribution in [0.25, 0.3) is 0 Å². The summed E-state index contributed by atoms with van der Waals surface area (Å²) >= 11 is 0. The van der Waals surface area contributed by atoms with Gasteiger partial charge >= 0.3 is 0 Å². The smallest absolute Gasteiger partial charge is 0.266 e. The Morgan fingerprint density at radius 3 is 1.94 bits per heavy atom. The molecule has 1 heterocycles. The molecule has 0 spiro atoms. The topological polar surface area (TPSA) is 46.6 Å². The third kappa shape index (κ3) is 2.22. The number of amides is 2. The molecule has 2 rings (SSSR count). The van der Waals surface area contributed by atoms with Crippen molar-refractivity contribution in [1.82, 2.24) is 5.06 Å². The Morgan fingerprint density at radius 1 is 1.06 bits per heavy atom. The molecule has 1 aliphatic heterocycles. The molecule has 17 heavy (non-hydrogen) atoms. The zero-order valence-electron chi connectivity index (χ0n) is 10.2. The Labute approximate surface area is 100 Å². The lowest BCUT2D eigenvalue weighted by Gasteiger charge is -2.21. The summed E-state index contributed by atoms with van der Waals surface area (Å²) in [5, 5.41) is 0.857. The Balaban J connectivity index is 2.19. The Kier molecular flexibility index (Phi) is 2.75. The molecule has 4 heteroatoms. The lowest BCUT2D eigenvalue weighted by molar-refractivity contribution is -0.113. The molecule has 0 bridgehead atoms. The van der Waals surface area contributed by atoms with Gasteiger partial charge in [0.15, 0.2) is 0 Å². The number of hydrogen-bond acceptors (Lipinski definition) is 3. The van der Waals surface area contributed by atoms with Gasteiger partial charge in [-0.1, -0.05) is 32.9 Å². The first-order chi connectivity index (χ1) is 7.90. The highest BCUT2D eigenvalue weighted by atomic mass is 16.7. The number of hydroxylamine groups is 2. The van der Waals surface area contributed by atoms with Gasteiger partial charge in [0.2, 0.25) is 0 Å². The maximum Gasteiger partial charge on any atom is 0.285 e. The molecule has 90 valence electrons. The van der Waals surface area contributed by atoms with E-state index in [1.165, 1.54) is 0 Å². The summed E-state index contributed by atoms with van der Waals surface area (Å²) in [5.74, 6) is -0.760. The summed E-state index contributed by atoms with van der Waals surface area (Å²) in [6.45, 7) is 6.25. The second-order valence-corrected chi connectivity index (χ2v) is 5.28. The number of carbonyl (C=O) groups excluding carboxylic acids is 2. The number of rotatable bonds is 2. The van der Waals surface area contributed by atoms with Crippen molar-refractivity contribution in [2.45, 2.75) is 20.8 Å². The minimum atomic E-state index is -0.380. The van der Waals surface area contributed by atoms with Gasteiger partial charge < -0.3 is 0 Å². The molecule has 0 saturated carbocycles. The van der Waals surface area contributed by atoms with Crippen LogP contribution in [0.5, 0.6) is 0 Å². The van der Waals surface area contributed by atoms with Crippen LogP contribution in [-0.4, -0.2) is 23.5 Å². The van der Waals surface area contributed by atoms with Crippen LogP contribution in [0.4, 0.5) is 0 Å². The largest absolute Gasteiger partial charge is 0.285 e. The first-order valence-electron chi connectivity index (χ1n) is 5.51. The standard InChI is InChI=1S/C13H15NO3/c1-13(2,3)8-17-14-11(15)9-6-4-5-7-10(9)12(14)16/h4-7H,8H2,1-3H3. The van der Waals surface area contributed by atoms with Gasteiger partial charge in [-0.2, -0.15) is 0 Å². The number of benzene rings is 1. The summed E-state index contributed by atoms with van der Waals surface area (Å²) in [6.07, 6.45) is 0. The van der Waals surface area contributed by atoms with Crippen molar-refractivity contribution in [2.75, 3.05) is 6.61 Å². The molecule has 0 aromatic heterocycles. The van der Waals surface area contributed by atoms with Crippen molar-refractivity contribution in [3.8, 4) is 0 Å². The van der Waals surface area contributed by atoms with Crippen LogP contribution in [0, 0.1) is 5.41 Å². The van der Waals surface area contributed by atoms with Gasteiger partial charge in [0.25, 0.3) is 11.8 Å². The average Bonchev–Trinajstić information content (AvgIpc) is 2.49. The summed E-state index contributed by atoms with van der Waals surface area (Å²) in [5.41, 5.74) is 0.716. The summed E-state index contributed by atoms with van der Waals surface area (Å²) in [7, 11) is 0. The molecule has 1 aromatic rings. The van der Waals surface area contributed by atoms with Gasteiger partial charge in [-0.05, 0) is 17.5 Å². The first-order valence-corrected chi connectivity index (χ1v) is 5.51. The van der Waals surface area contributed by atoms with Crippen LogP contribution in [0.3, 0.4) is 0 Å². The minimum absolute atomic E-state index is 0.102. The summed E-state index contributed by atoms with van der Waals surface area (Å²) in [4.78, 5) is 29.1. The Morgan fingerprint density at radius 2 is 1.53 bits per heavy atom. The molecule has 0 aliphatic carbocycles. The predicted molar refractivity (Wildman–Crippen MR) is 62.3 cm³/mol. The van der Waals surface area contributed by atoms with Crippen molar-refractivity contribution in [1.29, 1.82) is 0 Å². The van der Waals surface area contributed by atoms with Gasteiger partial charge in [0, 0.05) is 0 Å². The fourth-order valence-electron chi connectivity index (χ4n) is 1.54. The molecular weight excluding hydrogens is 218 g/mol. The zero-order valence-corrected chi connectivity index (χ0v) is 10.2. The summed E-state index contributed by atoms with van der Waals surface area (Å²) < 4.78 is 0. The van der Waals surface area contributed by atoms with Gasteiger partial charge in [-0.15, -0.1) is 5.06 Å². The second kappa shape index (κ2) is 3.96. The molecule has 0 atom stereocenters.